The molecule has 0 aliphatic heterocycles. The van der Waals surface area contributed by atoms with Gasteiger partial charge >= 0.3 is 0 Å². The van der Waals surface area contributed by atoms with Crippen molar-refractivity contribution in [2.24, 2.45) is 0 Å². The van der Waals surface area contributed by atoms with Gasteiger partial charge in [-0.1, -0.05) is 23.7 Å². The first-order valence-electron chi connectivity index (χ1n) is 6.73. The maximum Gasteiger partial charge on any atom is 0.248 e. The number of nitrogens with one attached hydrogen (secondary N) is 1. The second-order valence-corrected chi connectivity index (χ2v) is 5.26. The van der Waals surface area contributed by atoms with Gasteiger partial charge in [-0.25, -0.2) is 0 Å². The van der Waals surface area contributed by atoms with E-state index in [0.717, 1.165) is 5.56 Å². The van der Waals surface area contributed by atoms with Crippen LogP contribution in [-0.2, 0) is 9.53 Å². The summed E-state index contributed by atoms with van der Waals surface area (Å²) in [7, 11) is 0. The molecule has 0 fully saturated rings. The van der Waals surface area contributed by atoms with Gasteiger partial charge in [0, 0.05) is 0 Å². The molecule has 0 bridgehead atoms. The molecule has 20 heavy (non-hydrogen) atoms. The summed E-state index contributed by atoms with van der Waals surface area (Å²) in [4.78, 5) is 11.7. The first-order chi connectivity index (χ1) is 9.41. The molecule has 0 saturated heterocycles. The number of carbonyl (C=O) groups is 1. The average molecular weight is 300 g/mol. The summed E-state index contributed by atoms with van der Waals surface area (Å²) in [6, 6.07) is 5.58. The van der Waals surface area contributed by atoms with Crippen LogP contribution in [0.3, 0.4) is 0 Å². The zero-order chi connectivity index (χ0) is 15.1. The molecule has 0 aliphatic rings. The molecular formula is C15H22ClNO3. The molecule has 0 aromatic heterocycles. The van der Waals surface area contributed by atoms with Crippen molar-refractivity contribution in [3.63, 3.8) is 0 Å². The summed E-state index contributed by atoms with van der Waals surface area (Å²) in [5, 5.41) is 3.34. The predicted octanol–water partition coefficient (Wildman–Crippen LogP) is 2.96. The minimum Gasteiger partial charge on any atom is -0.490 e. The van der Waals surface area contributed by atoms with Crippen molar-refractivity contribution in [3.8, 4) is 5.75 Å². The largest absolute Gasteiger partial charge is 0.490 e. The van der Waals surface area contributed by atoms with Crippen LogP contribution in [0.15, 0.2) is 18.2 Å². The number of para-hydroxylation sites is 1. The lowest BCUT2D eigenvalue weighted by Crippen LogP contribution is -2.37. The van der Waals surface area contributed by atoms with Crippen LogP contribution in [0.5, 0.6) is 5.75 Å². The minimum absolute atomic E-state index is 0.0257. The van der Waals surface area contributed by atoms with Gasteiger partial charge in [-0.2, -0.15) is 0 Å². The van der Waals surface area contributed by atoms with Crippen molar-refractivity contribution in [3.05, 3.63) is 28.8 Å². The second kappa shape index (κ2) is 8.12. The Labute approximate surface area is 125 Å². The molecule has 112 valence electrons. The van der Waals surface area contributed by atoms with Gasteiger partial charge in [0.05, 0.1) is 17.7 Å². The summed E-state index contributed by atoms with van der Waals surface area (Å²) in [6.07, 6.45) is -0.435. The Morgan fingerprint density at radius 3 is 2.65 bits per heavy atom. The molecule has 0 heterocycles. The van der Waals surface area contributed by atoms with E-state index in [0.29, 0.717) is 23.9 Å². The van der Waals surface area contributed by atoms with Crippen molar-refractivity contribution in [1.82, 2.24) is 5.32 Å². The highest BCUT2D eigenvalue weighted by atomic mass is 35.5. The summed E-state index contributed by atoms with van der Waals surface area (Å²) < 4.78 is 11.0. The molecular weight excluding hydrogens is 278 g/mol. The molecule has 1 unspecified atom stereocenters. The van der Waals surface area contributed by atoms with Crippen LogP contribution in [-0.4, -0.2) is 31.3 Å². The number of halogens is 1. The van der Waals surface area contributed by atoms with Crippen molar-refractivity contribution >= 4 is 17.5 Å². The molecule has 0 saturated carbocycles. The zero-order valence-corrected chi connectivity index (χ0v) is 13.2. The molecule has 1 rings (SSSR count). The van der Waals surface area contributed by atoms with Gasteiger partial charge < -0.3 is 14.8 Å². The van der Waals surface area contributed by atoms with E-state index in [2.05, 4.69) is 5.32 Å². The van der Waals surface area contributed by atoms with E-state index < -0.39 is 6.10 Å². The lowest BCUT2D eigenvalue weighted by Gasteiger charge is -2.16. The molecule has 0 aliphatic carbocycles. The Kier molecular flexibility index (Phi) is 6.82. The fourth-order valence-corrected chi connectivity index (χ4v) is 2.02. The summed E-state index contributed by atoms with van der Waals surface area (Å²) >= 11 is 6.05. The number of benzene rings is 1. The van der Waals surface area contributed by atoms with Crippen LogP contribution in [0.4, 0.5) is 0 Å². The predicted molar refractivity (Wildman–Crippen MR) is 80.4 cm³/mol. The Hall–Kier alpha value is -1.26. The van der Waals surface area contributed by atoms with Gasteiger partial charge in [-0.15, -0.1) is 0 Å². The molecule has 1 amide bonds. The fourth-order valence-electron chi connectivity index (χ4n) is 1.74. The normalized spacial score (nSPS) is 12.3. The minimum atomic E-state index is -0.461. The van der Waals surface area contributed by atoms with Crippen molar-refractivity contribution < 1.29 is 14.3 Å². The Morgan fingerprint density at radius 1 is 1.35 bits per heavy atom. The first kappa shape index (κ1) is 16.8. The fraction of sp³-hybridized carbons (Fsp3) is 0.533. The Bertz CT molecular complexity index is 428. The summed E-state index contributed by atoms with van der Waals surface area (Å²) in [6.45, 7) is 8.23. The maximum atomic E-state index is 11.7. The topological polar surface area (TPSA) is 47.6 Å². The van der Waals surface area contributed by atoms with Crippen LogP contribution in [0, 0.1) is 6.92 Å². The van der Waals surface area contributed by atoms with Crippen molar-refractivity contribution in [2.45, 2.75) is 39.9 Å². The SMILES string of the molecule is Cc1cccc(Cl)c1OCCNC(=O)C(C)OC(C)C. The van der Waals surface area contributed by atoms with Crippen LogP contribution in [0.25, 0.3) is 0 Å². The first-order valence-corrected chi connectivity index (χ1v) is 7.10. The van der Waals surface area contributed by atoms with Crippen molar-refractivity contribution in [2.75, 3.05) is 13.2 Å². The van der Waals surface area contributed by atoms with Gasteiger partial charge in [0.1, 0.15) is 18.5 Å². The zero-order valence-electron chi connectivity index (χ0n) is 12.4. The third-order valence-corrected chi connectivity index (χ3v) is 2.95. The van der Waals surface area contributed by atoms with E-state index in [-0.39, 0.29) is 12.0 Å². The molecule has 4 nitrogen and oxygen atoms in total. The van der Waals surface area contributed by atoms with E-state index in [4.69, 9.17) is 21.1 Å². The monoisotopic (exact) mass is 299 g/mol. The molecule has 1 atom stereocenters. The number of hydrogen-bond acceptors (Lipinski definition) is 3. The number of hydrogen-bond donors (Lipinski definition) is 1. The number of aryl methyl sites for hydroxylation is 1. The average Bonchev–Trinajstić information content (AvgIpc) is 2.36. The summed E-state index contributed by atoms with van der Waals surface area (Å²) in [5.74, 6) is 0.521. The number of amides is 1. The van der Waals surface area contributed by atoms with Gasteiger partial charge in [0.2, 0.25) is 5.91 Å². The third-order valence-electron chi connectivity index (χ3n) is 2.66. The third kappa shape index (κ3) is 5.39. The summed E-state index contributed by atoms with van der Waals surface area (Å²) in [5.41, 5.74) is 0.973. The van der Waals surface area contributed by atoms with E-state index in [1.165, 1.54) is 0 Å². The second-order valence-electron chi connectivity index (χ2n) is 4.85. The highest BCUT2D eigenvalue weighted by Gasteiger charge is 2.14. The molecule has 1 N–H and O–H groups in total. The van der Waals surface area contributed by atoms with Crippen LogP contribution >= 0.6 is 11.6 Å². The lowest BCUT2D eigenvalue weighted by atomic mass is 10.2. The van der Waals surface area contributed by atoms with Crippen LogP contribution in [0.2, 0.25) is 5.02 Å². The molecule has 1 aromatic carbocycles. The maximum absolute atomic E-state index is 11.7. The standard InChI is InChI=1S/C15H22ClNO3/c1-10(2)20-12(4)15(18)17-8-9-19-14-11(3)6-5-7-13(14)16/h5-7,10,12H,8-9H2,1-4H3,(H,17,18). The lowest BCUT2D eigenvalue weighted by molar-refractivity contribution is -0.134. The van der Waals surface area contributed by atoms with E-state index in [1.807, 2.05) is 32.9 Å². The smallest absolute Gasteiger partial charge is 0.248 e. The van der Waals surface area contributed by atoms with Gasteiger partial charge in [-0.3, -0.25) is 4.79 Å². The quantitative estimate of drug-likeness (QED) is 0.788. The van der Waals surface area contributed by atoms with Crippen LogP contribution < -0.4 is 10.1 Å². The van der Waals surface area contributed by atoms with Gasteiger partial charge in [-0.05, 0) is 39.3 Å². The highest BCUT2D eigenvalue weighted by molar-refractivity contribution is 6.32. The molecule has 0 radical (unpaired) electrons. The van der Waals surface area contributed by atoms with E-state index >= 15 is 0 Å². The Morgan fingerprint density at radius 2 is 2.05 bits per heavy atom. The Balaban J connectivity index is 2.33. The van der Waals surface area contributed by atoms with Gasteiger partial charge in [0.15, 0.2) is 0 Å². The van der Waals surface area contributed by atoms with E-state index in [9.17, 15) is 4.79 Å². The van der Waals surface area contributed by atoms with E-state index in [1.54, 1.807) is 13.0 Å². The van der Waals surface area contributed by atoms with Crippen molar-refractivity contribution in [1.29, 1.82) is 0 Å². The van der Waals surface area contributed by atoms with Crippen LogP contribution in [0.1, 0.15) is 26.3 Å². The number of carbonyl (C=O) groups excluding carboxylic acids is 1. The number of rotatable bonds is 7. The number of ether oxygens (including phenoxy) is 2. The molecule has 0 spiro atoms. The highest BCUT2D eigenvalue weighted by Crippen LogP contribution is 2.27. The van der Waals surface area contributed by atoms with Gasteiger partial charge in [0.25, 0.3) is 0 Å². The molecule has 1 aromatic rings. The molecule has 5 heteroatoms.